The molecule has 0 saturated carbocycles. The summed E-state index contributed by atoms with van der Waals surface area (Å²) in [5.41, 5.74) is 2.39. The van der Waals surface area contributed by atoms with Gasteiger partial charge in [0.05, 0.1) is 19.0 Å². The first-order chi connectivity index (χ1) is 14.5. The maximum absolute atomic E-state index is 12.5. The van der Waals surface area contributed by atoms with Crippen LogP contribution < -0.4 is 10.1 Å². The van der Waals surface area contributed by atoms with E-state index in [2.05, 4.69) is 10.3 Å². The Bertz CT molecular complexity index is 932. The highest BCUT2D eigenvalue weighted by atomic mass is 35.5. The van der Waals surface area contributed by atoms with Crippen molar-refractivity contribution >= 4 is 34.8 Å². The number of hydrogen-bond acceptors (Lipinski definition) is 4. The van der Waals surface area contributed by atoms with Crippen molar-refractivity contribution in [2.45, 2.75) is 20.8 Å². The molecule has 1 heterocycles. The van der Waals surface area contributed by atoms with Crippen molar-refractivity contribution in [2.24, 2.45) is 0 Å². The second-order valence-corrected chi connectivity index (χ2v) is 6.50. The van der Waals surface area contributed by atoms with Gasteiger partial charge in [-0.15, -0.1) is 11.6 Å². The van der Waals surface area contributed by atoms with E-state index >= 15 is 0 Å². The number of halogens is 2. The van der Waals surface area contributed by atoms with Gasteiger partial charge in [0.15, 0.2) is 0 Å². The number of anilines is 1. The van der Waals surface area contributed by atoms with E-state index in [4.69, 9.17) is 27.9 Å². The van der Waals surface area contributed by atoms with Gasteiger partial charge in [0, 0.05) is 28.1 Å². The van der Waals surface area contributed by atoms with Gasteiger partial charge in [-0.1, -0.05) is 44.5 Å². The molecule has 0 aliphatic rings. The molecule has 0 fully saturated rings. The molecule has 7 heteroatoms. The first-order valence-corrected chi connectivity index (χ1v) is 10.4. The number of ether oxygens (including phenoxy) is 1. The van der Waals surface area contributed by atoms with Crippen LogP contribution >= 0.6 is 23.2 Å². The third-order valence-electron chi connectivity index (χ3n) is 3.59. The normalized spacial score (nSPS) is 9.40. The Labute approximate surface area is 187 Å². The number of nitrogens with zero attached hydrogens (tertiary/aromatic N) is 1. The number of carbonyl (C=O) groups is 1. The van der Waals surface area contributed by atoms with Crippen molar-refractivity contribution in [3.8, 4) is 22.8 Å². The largest absolute Gasteiger partial charge is 0.508 e. The molecule has 0 saturated heterocycles. The minimum Gasteiger partial charge on any atom is -0.508 e. The lowest BCUT2D eigenvalue weighted by molar-refractivity contribution is 0.102. The van der Waals surface area contributed by atoms with Crippen LogP contribution in [0.4, 0.5) is 5.69 Å². The fraction of sp³-hybridized carbons (Fsp3) is 0.217. The zero-order valence-corrected chi connectivity index (χ0v) is 19.0. The average molecular weight is 449 g/mol. The Morgan fingerprint density at radius 2 is 1.83 bits per heavy atom. The van der Waals surface area contributed by atoms with Crippen LogP contribution in [0.25, 0.3) is 11.1 Å². The molecule has 0 unspecified atom stereocenters. The van der Waals surface area contributed by atoms with Crippen molar-refractivity contribution in [1.82, 2.24) is 4.98 Å². The Balaban J connectivity index is 0.000000826. The quantitative estimate of drug-likeness (QED) is 0.438. The molecular weight excluding hydrogens is 423 g/mol. The van der Waals surface area contributed by atoms with Crippen LogP contribution in [0.5, 0.6) is 11.6 Å². The molecule has 1 aromatic heterocycles. The predicted octanol–water partition coefficient (Wildman–Crippen LogP) is 6.64. The lowest BCUT2D eigenvalue weighted by Crippen LogP contribution is -2.12. The molecule has 3 aromatic rings. The van der Waals surface area contributed by atoms with E-state index in [0.717, 1.165) is 11.4 Å². The summed E-state index contributed by atoms with van der Waals surface area (Å²) >= 11 is 11.2. The van der Waals surface area contributed by atoms with E-state index in [1.54, 1.807) is 48.5 Å². The van der Waals surface area contributed by atoms with Crippen molar-refractivity contribution in [2.75, 3.05) is 18.3 Å². The number of aromatic nitrogens is 1. The number of carbonyl (C=O) groups excluding carboxylic acids is 1. The first kappa shape index (κ1) is 25.3. The molecule has 0 atom stereocenters. The molecule has 0 bridgehead atoms. The minimum absolute atomic E-state index is 0.132. The number of methoxy groups -OCH3 is 1. The van der Waals surface area contributed by atoms with Gasteiger partial charge in [-0.2, -0.15) is 0 Å². The van der Waals surface area contributed by atoms with Crippen LogP contribution in [0.15, 0.2) is 60.8 Å². The third kappa shape index (κ3) is 7.58. The SMILES string of the molecule is CC.CCCl.COc1ccc(NC(=O)c2ccc(Cl)c(-c3cccc(O)c3)c2)cn1. The van der Waals surface area contributed by atoms with E-state index in [1.165, 1.54) is 13.3 Å². The van der Waals surface area contributed by atoms with E-state index in [-0.39, 0.29) is 11.7 Å². The van der Waals surface area contributed by atoms with Gasteiger partial charge in [0.1, 0.15) is 5.75 Å². The molecule has 2 aromatic carbocycles. The minimum atomic E-state index is -0.287. The zero-order chi connectivity index (χ0) is 22.5. The molecule has 0 spiro atoms. The predicted molar refractivity (Wildman–Crippen MR) is 125 cm³/mol. The van der Waals surface area contributed by atoms with E-state index in [0.29, 0.717) is 27.7 Å². The Kier molecular flexibility index (Phi) is 11.3. The number of amides is 1. The van der Waals surface area contributed by atoms with Gasteiger partial charge in [0.2, 0.25) is 5.88 Å². The smallest absolute Gasteiger partial charge is 0.255 e. The molecule has 1 amide bonds. The van der Waals surface area contributed by atoms with E-state index in [1.807, 2.05) is 26.8 Å². The fourth-order valence-electron chi connectivity index (χ4n) is 2.34. The molecule has 5 nitrogen and oxygen atoms in total. The Morgan fingerprint density at radius 3 is 2.40 bits per heavy atom. The number of pyridine rings is 1. The lowest BCUT2D eigenvalue weighted by atomic mass is 10.0. The van der Waals surface area contributed by atoms with Crippen molar-refractivity contribution in [3.63, 3.8) is 0 Å². The Hall–Kier alpha value is -2.76. The molecule has 0 aliphatic carbocycles. The highest BCUT2D eigenvalue weighted by Crippen LogP contribution is 2.31. The summed E-state index contributed by atoms with van der Waals surface area (Å²) in [7, 11) is 1.53. The second-order valence-electron chi connectivity index (χ2n) is 5.56. The number of phenols is 1. The second kappa shape index (κ2) is 13.5. The fourth-order valence-corrected chi connectivity index (χ4v) is 2.57. The van der Waals surface area contributed by atoms with Gasteiger partial charge in [-0.05, 0) is 42.0 Å². The van der Waals surface area contributed by atoms with Gasteiger partial charge in [-0.3, -0.25) is 4.79 Å². The summed E-state index contributed by atoms with van der Waals surface area (Å²) < 4.78 is 4.99. The third-order valence-corrected chi connectivity index (χ3v) is 3.92. The van der Waals surface area contributed by atoms with E-state index in [9.17, 15) is 9.90 Å². The summed E-state index contributed by atoms with van der Waals surface area (Å²) in [6, 6.07) is 15.0. The van der Waals surface area contributed by atoms with Crippen LogP contribution in [0.1, 0.15) is 31.1 Å². The molecular formula is C23H26Cl2N2O3. The van der Waals surface area contributed by atoms with Crippen molar-refractivity contribution < 1.29 is 14.6 Å². The molecule has 160 valence electrons. The van der Waals surface area contributed by atoms with Crippen molar-refractivity contribution in [3.05, 3.63) is 71.4 Å². The monoisotopic (exact) mass is 448 g/mol. The number of hydrogen-bond donors (Lipinski definition) is 2. The zero-order valence-electron chi connectivity index (χ0n) is 17.4. The molecule has 2 N–H and O–H groups in total. The highest BCUT2D eigenvalue weighted by molar-refractivity contribution is 6.33. The van der Waals surface area contributed by atoms with Crippen LogP contribution in [-0.4, -0.2) is 29.0 Å². The van der Waals surface area contributed by atoms with Gasteiger partial charge >= 0.3 is 0 Å². The molecule has 30 heavy (non-hydrogen) atoms. The number of nitrogens with one attached hydrogen (secondary N) is 1. The maximum Gasteiger partial charge on any atom is 0.255 e. The number of aromatic hydroxyl groups is 1. The van der Waals surface area contributed by atoms with Crippen LogP contribution in [0, 0.1) is 0 Å². The number of benzene rings is 2. The topological polar surface area (TPSA) is 71.5 Å². The number of rotatable bonds is 4. The van der Waals surface area contributed by atoms with Gasteiger partial charge in [0.25, 0.3) is 5.91 Å². The van der Waals surface area contributed by atoms with Gasteiger partial charge < -0.3 is 15.2 Å². The number of alkyl halides is 1. The standard InChI is InChI=1S/C19H15ClN2O3.C2H5Cl.C2H6/c1-25-18-8-6-14(11-21-18)22-19(24)13-5-7-17(20)16(10-13)12-3-2-4-15(23)9-12;1-2-3;1-2/h2-11,23H,1H3,(H,22,24);2H2,1H3;1-2H3. The first-order valence-electron chi connectivity index (χ1n) is 9.44. The number of phenolic OH excluding ortho intramolecular Hbond substituents is 1. The highest BCUT2D eigenvalue weighted by Gasteiger charge is 2.11. The summed E-state index contributed by atoms with van der Waals surface area (Å²) in [4.78, 5) is 16.5. The average Bonchev–Trinajstić information content (AvgIpc) is 2.76. The summed E-state index contributed by atoms with van der Waals surface area (Å²) in [5.74, 6) is 1.04. The van der Waals surface area contributed by atoms with Crippen molar-refractivity contribution in [1.29, 1.82) is 0 Å². The summed E-state index contributed by atoms with van der Waals surface area (Å²) in [6.07, 6.45) is 1.52. The van der Waals surface area contributed by atoms with Crippen LogP contribution in [0.2, 0.25) is 5.02 Å². The van der Waals surface area contributed by atoms with Gasteiger partial charge in [-0.25, -0.2) is 4.98 Å². The maximum atomic E-state index is 12.5. The Morgan fingerprint density at radius 1 is 1.13 bits per heavy atom. The molecule has 3 rings (SSSR count). The summed E-state index contributed by atoms with van der Waals surface area (Å²) in [5, 5.41) is 12.9. The summed E-state index contributed by atoms with van der Waals surface area (Å²) in [6.45, 7) is 5.89. The van der Waals surface area contributed by atoms with E-state index < -0.39 is 0 Å². The molecule has 0 radical (unpaired) electrons. The molecule has 0 aliphatic heterocycles. The lowest BCUT2D eigenvalue weighted by Gasteiger charge is -2.09. The van der Waals surface area contributed by atoms with Crippen LogP contribution in [0.3, 0.4) is 0 Å². The van der Waals surface area contributed by atoms with Crippen LogP contribution in [-0.2, 0) is 0 Å².